The molecule has 0 bridgehead atoms. The zero-order valence-corrected chi connectivity index (χ0v) is 7.29. The summed E-state index contributed by atoms with van der Waals surface area (Å²) in [4.78, 5) is 14.5. The Hall–Kier alpha value is -1.24. The fraction of sp³-hybridized carbons (Fsp3) is 0.750. The molecule has 0 aromatic rings. The van der Waals surface area contributed by atoms with Gasteiger partial charge in [-0.15, -0.1) is 0 Å². The lowest BCUT2D eigenvalue weighted by Gasteiger charge is -2.17. The maximum Gasteiger partial charge on any atom is 0.219 e. The van der Waals surface area contributed by atoms with Crippen molar-refractivity contribution in [3.05, 3.63) is 0 Å². The molecule has 4 heteroatoms. The van der Waals surface area contributed by atoms with Gasteiger partial charge in [-0.25, -0.2) is 0 Å². The van der Waals surface area contributed by atoms with Gasteiger partial charge < -0.3 is 9.80 Å². The van der Waals surface area contributed by atoms with E-state index in [0.717, 1.165) is 19.5 Å². The average Bonchev–Trinajstić information content (AvgIpc) is 2.28. The normalized spacial score (nSPS) is 18.3. The molecule has 66 valence electrons. The Morgan fingerprint density at radius 1 is 1.33 bits per heavy atom. The maximum absolute atomic E-state index is 11.0. The average molecular weight is 167 g/mol. The van der Waals surface area contributed by atoms with E-state index in [9.17, 15) is 4.79 Å². The smallest absolute Gasteiger partial charge is 0.219 e. The van der Waals surface area contributed by atoms with E-state index in [1.807, 2.05) is 0 Å². The highest BCUT2D eigenvalue weighted by atomic mass is 16.2. The van der Waals surface area contributed by atoms with Crippen LogP contribution in [0, 0.1) is 11.5 Å². The van der Waals surface area contributed by atoms with E-state index in [1.165, 1.54) is 0 Å². The first-order chi connectivity index (χ1) is 5.74. The van der Waals surface area contributed by atoms with Crippen LogP contribution in [0.25, 0.3) is 0 Å². The van der Waals surface area contributed by atoms with Crippen molar-refractivity contribution >= 4 is 5.91 Å². The zero-order chi connectivity index (χ0) is 8.97. The van der Waals surface area contributed by atoms with Gasteiger partial charge in [-0.1, -0.05) is 0 Å². The molecule has 1 aliphatic heterocycles. The highest BCUT2D eigenvalue weighted by molar-refractivity contribution is 5.73. The van der Waals surface area contributed by atoms with Crippen LogP contribution in [0.1, 0.15) is 13.3 Å². The Bertz CT molecular complexity index is 209. The molecule has 0 aliphatic carbocycles. The molecule has 0 saturated carbocycles. The van der Waals surface area contributed by atoms with Crippen LogP contribution in [-0.4, -0.2) is 41.9 Å². The monoisotopic (exact) mass is 167 g/mol. The molecule has 0 aromatic heterocycles. The quantitative estimate of drug-likeness (QED) is 0.478. The number of nitriles is 1. The van der Waals surface area contributed by atoms with Gasteiger partial charge in [0.05, 0.1) is 0 Å². The fourth-order valence-corrected chi connectivity index (χ4v) is 1.33. The van der Waals surface area contributed by atoms with E-state index in [0.29, 0.717) is 13.1 Å². The fourth-order valence-electron chi connectivity index (χ4n) is 1.33. The van der Waals surface area contributed by atoms with E-state index < -0.39 is 0 Å². The molecule has 0 aromatic carbocycles. The molecule has 1 heterocycles. The van der Waals surface area contributed by atoms with Gasteiger partial charge in [-0.2, -0.15) is 5.26 Å². The summed E-state index contributed by atoms with van der Waals surface area (Å²) in [6, 6.07) is 0. The highest BCUT2D eigenvalue weighted by Crippen LogP contribution is 2.01. The number of carbonyl (C=O) groups excluding carboxylic acids is 1. The van der Waals surface area contributed by atoms with E-state index in [4.69, 9.17) is 5.26 Å². The maximum atomic E-state index is 11.0. The van der Waals surface area contributed by atoms with Crippen molar-refractivity contribution in [2.45, 2.75) is 13.3 Å². The van der Waals surface area contributed by atoms with E-state index in [-0.39, 0.29) is 5.91 Å². The molecule has 1 saturated heterocycles. The molecule has 1 amide bonds. The van der Waals surface area contributed by atoms with Gasteiger partial charge in [0.1, 0.15) is 0 Å². The van der Waals surface area contributed by atoms with Crippen molar-refractivity contribution in [2.24, 2.45) is 0 Å². The summed E-state index contributed by atoms with van der Waals surface area (Å²) in [7, 11) is 0. The molecule has 0 atom stereocenters. The predicted molar refractivity (Wildman–Crippen MR) is 44.1 cm³/mol. The number of carbonyl (C=O) groups is 1. The molecular formula is C8H13N3O. The third kappa shape index (κ3) is 2.12. The largest absolute Gasteiger partial charge is 0.341 e. The lowest BCUT2D eigenvalue weighted by molar-refractivity contribution is -0.128. The zero-order valence-electron chi connectivity index (χ0n) is 7.29. The van der Waals surface area contributed by atoms with Gasteiger partial charge in [0, 0.05) is 33.1 Å². The number of hydrogen-bond donors (Lipinski definition) is 0. The van der Waals surface area contributed by atoms with E-state index in [2.05, 4.69) is 6.19 Å². The van der Waals surface area contributed by atoms with Crippen LogP contribution >= 0.6 is 0 Å². The second-order valence-electron chi connectivity index (χ2n) is 2.95. The van der Waals surface area contributed by atoms with Crippen molar-refractivity contribution in [3.8, 4) is 6.19 Å². The van der Waals surface area contributed by atoms with Crippen LogP contribution in [0.5, 0.6) is 0 Å². The van der Waals surface area contributed by atoms with Crippen LogP contribution in [0.4, 0.5) is 0 Å². The van der Waals surface area contributed by atoms with Crippen molar-refractivity contribution in [2.75, 3.05) is 26.2 Å². The molecule has 0 spiro atoms. The standard InChI is InChI=1S/C8H13N3O/c1-8(12)11-4-2-3-10(7-9)5-6-11/h2-6H2,1H3. The second-order valence-corrected chi connectivity index (χ2v) is 2.95. The Morgan fingerprint density at radius 3 is 2.67 bits per heavy atom. The van der Waals surface area contributed by atoms with Crippen LogP contribution in [0.2, 0.25) is 0 Å². The summed E-state index contributed by atoms with van der Waals surface area (Å²) in [5, 5.41) is 8.61. The SMILES string of the molecule is CC(=O)N1CCCN(C#N)CC1. The summed E-state index contributed by atoms with van der Waals surface area (Å²) in [6.45, 7) is 4.49. The third-order valence-corrected chi connectivity index (χ3v) is 2.08. The first kappa shape index (κ1) is 8.85. The minimum atomic E-state index is 0.106. The Kier molecular flexibility index (Phi) is 2.92. The molecule has 0 unspecified atom stereocenters. The lowest BCUT2D eigenvalue weighted by atomic mass is 10.4. The summed E-state index contributed by atoms with van der Waals surface area (Å²) >= 11 is 0. The van der Waals surface area contributed by atoms with Gasteiger partial charge in [0.15, 0.2) is 6.19 Å². The molecule has 4 nitrogen and oxygen atoms in total. The predicted octanol–water partition coefficient (Wildman–Crippen LogP) is 0.0217. The first-order valence-electron chi connectivity index (χ1n) is 4.14. The third-order valence-electron chi connectivity index (χ3n) is 2.08. The first-order valence-corrected chi connectivity index (χ1v) is 4.14. The van der Waals surface area contributed by atoms with Crippen LogP contribution in [0.15, 0.2) is 0 Å². The Labute approximate surface area is 72.4 Å². The molecule has 1 aliphatic rings. The summed E-state index contributed by atoms with van der Waals surface area (Å²) in [5.74, 6) is 0.106. The van der Waals surface area contributed by atoms with Crippen molar-refractivity contribution in [1.82, 2.24) is 9.80 Å². The summed E-state index contributed by atoms with van der Waals surface area (Å²) in [5.41, 5.74) is 0. The summed E-state index contributed by atoms with van der Waals surface area (Å²) in [6.07, 6.45) is 2.99. The van der Waals surface area contributed by atoms with E-state index in [1.54, 1.807) is 16.7 Å². The number of rotatable bonds is 0. The van der Waals surface area contributed by atoms with Crippen LogP contribution in [-0.2, 0) is 4.79 Å². The number of nitrogens with zero attached hydrogens (tertiary/aromatic N) is 3. The summed E-state index contributed by atoms with van der Waals surface area (Å²) < 4.78 is 0. The van der Waals surface area contributed by atoms with Crippen molar-refractivity contribution in [1.29, 1.82) is 5.26 Å². The second kappa shape index (κ2) is 3.96. The number of hydrogen-bond acceptors (Lipinski definition) is 3. The Balaban J connectivity index is 2.45. The van der Waals surface area contributed by atoms with Gasteiger partial charge in [-0.05, 0) is 6.42 Å². The lowest BCUT2D eigenvalue weighted by Crippen LogP contribution is -2.32. The van der Waals surface area contributed by atoms with Crippen molar-refractivity contribution in [3.63, 3.8) is 0 Å². The molecule has 1 rings (SSSR count). The van der Waals surface area contributed by atoms with Gasteiger partial charge in [0.25, 0.3) is 0 Å². The minimum Gasteiger partial charge on any atom is -0.341 e. The minimum absolute atomic E-state index is 0.106. The van der Waals surface area contributed by atoms with Gasteiger partial charge in [-0.3, -0.25) is 4.79 Å². The molecule has 0 N–H and O–H groups in total. The molecule has 0 radical (unpaired) electrons. The van der Waals surface area contributed by atoms with Crippen LogP contribution < -0.4 is 0 Å². The molecular weight excluding hydrogens is 154 g/mol. The van der Waals surface area contributed by atoms with Gasteiger partial charge >= 0.3 is 0 Å². The number of amides is 1. The Morgan fingerprint density at radius 2 is 2.08 bits per heavy atom. The van der Waals surface area contributed by atoms with Crippen molar-refractivity contribution < 1.29 is 4.79 Å². The van der Waals surface area contributed by atoms with Crippen LogP contribution in [0.3, 0.4) is 0 Å². The topological polar surface area (TPSA) is 47.3 Å². The van der Waals surface area contributed by atoms with Gasteiger partial charge in [0.2, 0.25) is 5.91 Å². The molecule has 1 fully saturated rings. The highest BCUT2D eigenvalue weighted by Gasteiger charge is 2.14. The molecule has 12 heavy (non-hydrogen) atoms. The van der Waals surface area contributed by atoms with E-state index >= 15 is 0 Å².